The highest BCUT2D eigenvalue weighted by atomic mass is 35.5. The number of carbonyl (C=O) groups excluding carboxylic acids is 1. The molecule has 2 aromatic rings. The lowest BCUT2D eigenvalue weighted by Crippen LogP contribution is -2.22. The first-order valence-electron chi connectivity index (χ1n) is 6.49. The number of aryl methyl sites for hydroxylation is 2. The van der Waals surface area contributed by atoms with Crippen LogP contribution in [-0.4, -0.2) is 21.1 Å². The molecule has 0 radical (unpaired) electrons. The molecule has 1 amide bonds. The Balaban J connectivity index is 2.02. The number of hydrogen-bond donors (Lipinski definition) is 1. The first kappa shape index (κ1) is 15.8. The maximum Gasteiger partial charge on any atom is 0.237 e. The van der Waals surface area contributed by atoms with Crippen molar-refractivity contribution in [1.29, 1.82) is 0 Å². The van der Waals surface area contributed by atoms with Gasteiger partial charge >= 0.3 is 0 Å². The standard InChI is InChI=1S/C15H16ClN3OS/c1-9-7-10(2)18-15(17-9)21-11(3)14(20)19-13-6-4-5-12(16)8-13/h4-8,11H,1-3H3,(H,19,20). The van der Waals surface area contributed by atoms with Crippen LogP contribution in [0.4, 0.5) is 5.69 Å². The van der Waals surface area contributed by atoms with E-state index in [1.807, 2.05) is 26.8 Å². The molecular formula is C15H16ClN3OS. The second-order valence-electron chi connectivity index (χ2n) is 4.69. The van der Waals surface area contributed by atoms with E-state index in [1.165, 1.54) is 11.8 Å². The molecular weight excluding hydrogens is 306 g/mol. The van der Waals surface area contributed by atoms with E-state index < -0.39 is 0 Å². The summed E-state index contributed by atoms with van der Waals surface area (Å²) in [6.07, 6.45) is 0. The molecule has 1 atom stereocenters. The minimum absolute atomic E-state index is 0.106. The molecule has 1 N–H and O–H groups in total. The molecule has 1 aromatic heterocycles. The Bertz CT molecular complexity index is 643. The van der Waals surface area contributed by atoms with Crippen LogP contribution < -0.4 is 5.32 Å². The average molecular weight is 322 g/mol. The second kappa shape index (κ2) is 6.91. The molecule has 21 heavy (non-hydrogen) atoms. The molecule has 0 aliphatic carbocycles. The quantitative estimate of drug-likeness (QED) is 0.686. The molecule has 0 aliphatic heterocycles. The number of benzene rings is 1. The van der Waals surface area contributed by atoms with E-state index in [-0.39, 0.29) is 11.2 Å². The van der Waals surface area contributed by atoms with E-state index >= 15 is 0 Å². The second-order valence-corrected chi connectivity index (χ2v) is 6.44. The molecule has 0 spiro atoms. The summed E-state index contributed by atoms with van der Waals surface area (Å²) in [7, 11) is 0. The molecule has 0 saturated heterocycles. The van der Waals surface area contributed by atoms with E-state index in [9.17, 15) is 4.79 Å². The van der Waals surface area contributed by atoms with E-state index in [1.54, 1.807) is 24.3 Å². The van der Waals surface area contributed by atoms with Crippen molar-refractivity contribution in [1.82, 2.24) is 9.97 Å². The van der Waals surface area contributed by atoms with Crippen LogP contribution in [-0.2, 0) is 4.79 Å². The zero-order chi connectivity index (χ0) is 15.4. The van der Waals surface area contributed by atoms with Gasteiger partial charge in [0, 0.05) is 22.1 Å². The van der Waals surface area contributed by atoms with Crippen LogP contribution in [0.2, 0.25) is 5.02 Å². The van der Waals surface area contributed by atoms with Crippen molar-refractivity contribution in [3.8, 4) is 0 Å². The molecule has 110 valence electrons. The van der Waals surface area contributed by atoms with Crippen LogP contribution in [0.1, 0.15) is 18.3 Å². The van der Waals surface area contributed by atoms with Crippen molar-refractivity contribution in [2.75, 3.05) is 5.32 Å². The minimum Gasteiger partial charge on any atom is -0.325 e. The lowest BCUT2D eigenvalue weighted by Gasteiger charge is -2.11. The number of hydrogen-bond acceptors (Lipinski definition) is 4. The lowest BCUT2D eigenvalue weighted by atomic mass is 10.3. The average Bonchev–Trinajstić information content (AvgIpc) is 2.37. The number of amides is 1. The molecule has 1 aromatic carbocycles. The highest BCUT2D eigenvalue weighted by Crippen LogP contribution is 2.22. The van der Waals surface area contributed by atoms with Gasteiger partial charge in [0.25, 0.3) is 0 Å². The number of thioether (sulfide) groups is 1. The zero-order valence-electron chi connectivity index (χ0n) is 12.1. The molecule has 1 heterocycles. The smallest absolute Gasteiger partial charge is 0.237 e. The van der Waals surface area contributed by atoms with E-state index in [4.69, 9.17) is 11.6 Å². The first-order valence-corrected chi connectivity index (χ1v) is 7.75. The Hall–Kier alpha value is -1.59. The fraction of sp³-hybridized carbons (Fsp3) is 0.267. The van der Waals surface area contributed by atoms with Crippen molar-refractivity contribution < 1.29 is 4.79 Å². The van der Waals surface area contributed by atoms with Crippen molar-refractivity contribution >= 4 is 35.0 Å². The van der Waals surface area contributed by atoms with Gasteiger partial charge in [-0.2, -0.15) is 0 Å². The molecule has 0 saturated carbocycles. The van der Waals surface area contributed by atoms with Gasteiger partial charge in [-0.05, 0) is 45.0 Å². The van der Waals surface area contributed by atoms with Gasteiger partial charge in [-0.15, -0.1) is 0 Å². The highest BCUT2D eigenvalue weighted by molar-refractivity contribution is 8.00. The third-order valence-corrected chi connectivity index (χ3v) is 3.90. The molecule has 4 nitrogen and oxygen atoms in total. The number of carbonyl (C=O) groups is 1. The fourth-order valence-corrected chi connectivity index (χ4v) is 2.83. The number of rotatable bonds is 4. The highest BCUT2D eigenvalue weighted by Gasteiger charge is 2.16. The first-order chi connectivity index (χ1) is 9.94. The van der Waals surface area contributed by atoms with Crippen LogP contribution in [0, 0.1) is 13.8 Å². The topological polar surface area (TPSA) is 54.9 Å². The summed E-state index contributed by atoms with van der Waals surface area (Å²) in [6, 6.07) is 8.97. The predicted octanol–water partition coefficient (Wildman–Crippen LogP) is 3.87. The summed E-state index contributed by atoms with van der Waals surface area (Å²) in [4.78, 5) is 20.8. The molecule has 0 fully saturated rings. The number of halogens is 1. The molecule has 6 heteroatoms. The summed E-state index contributed by atoms with van der Waals surface area (Å²) in [6.45, 7) is 5.65. The van der Waals surface area contributed by atoms with Gasteiger partial charge < -0.3 is 5.32 Å². The van der Waals surface area contributed by atoms with Gasteiger partial charge in [0.15, 0.2) is 5.16 Å². The third kappa shape index (κ3) is 4.72. The molecule has 0 aliphatic rings. The Kier molecular flexibility index (Phi) is 5.20. The Labute approximate surface area is 133 Å². The summed E-state index contributed by atoms with van der Waals surface area (Å²) >= 11 is 7.23. The van der Waals surface area contributed by atoms with Crippen molar-refractivity contribution in [3.05, 3.63) is 46.7 Å². The van der Waals surface area contributed by atoms with E-state index in [0.717, 1.165) is 11.4 Å². The van der Waals surface area contributed by atoms with Gasteiger partial charge in [-0.3, -0.25) is 4.79 Å². The van der Waals surface area contributed by atoms with Crippen LogP contribution in [0.5, 0.6) is 0 Å². The monoisotopic (exact) mass is 321 g/mol. The lowest BCUT2D eigenvalue weighted by molar-refractivity contribution is -0.115. The SMILES string of the molecule is Cc1cc(C)nc(SC(C)C(=O)Nc2cccc(Cl)c2)n1. The van der Waals surface area contributed by atoms with E-state index in [0.29, 0.717) is 15.9 Å². The minimum atomic E-state index is -0.301. The molecule has 2 rings (SSSR count). The Morgan fingerprint density at radius 2 is 1.90 bits per heavy atom. The number of nitrogens with zero attached hydrogens (tertiary/aromatic N) is 2. The van der Waals surface area contributed by atoms with Crippen LogP contribution in [0.3, 0.4) is 0 Å². The maximum absolute atomic E-state index is 12.2. The van der Waals surface area contributed by atoms with Crippen LogP contribution >= 0.6 is 23.4 Å². The van der Waals surface area contributed by atoms with Gasteiger partial charge in [0.1, 0.15) is 0 Å². The fourth-order valence-electron chi connectivity index (χ4n) is 1.77. The van der Waals surface area contributed by atoms with Crippen molar-refractivity contribution in [3.63, 3.8) is 0 Å². The summed E-state index contributed by atoms with van der Waals surface area (Å²) in [5.74, 6) is -0.106. The van der Waals surface area contributed by atoms with E-state index in [2.05, 4.69) is 15.3 Å². The third-order valence-electron chi connectivity index (χ3n) is 2.71. The van der Waals surface area contributed by atoms with Gasteiger partial charge in [-0.1, -0.05) is 29.4 Å². The number of nitrogens with one attached hydrogen (secondary N) is 1. The van der Waals surface area contributed by atoms with Crippen molar-refractivity contribution in [2.24, 2.45) is 0 Å². The maximum atomic E-state index is 12.2. The van der Waals surface area contributed by atoms with Gasteiger partial charge in [0.05, 0.1) is 5.25 Å². The summed E-state index contributed by atoms with van der Waals surface area (Å²) in [5.41, 5.74) is 2.47. The zero-order valence-corrected chi connectivity index (χ0v) is 13.6. The Morgan fingerprint density at radius 3 is 2.52 bits per heavy atom. The van der Waals surface area contributed by atoms with Gasteiger partial charge in [-0.25, -0.2) is 9.97 Å². The summed E-state index contributed by atoms with van der Waals surface area (Å²) < 4.78 is 0. The largest absolute Gasteiger partial charge is 0.325 e. The van der Waals surface area contributed by atoms with Gasteiger partial charge in [0.2, 0.25) is 5.91 Å². The number of anilines is 1. The van der Waals surface area contributed by atoms with Crippen molar-refractivity contribution in [2.45, 2.75) is 31.2 Å². The Morgan fingerprint density at radius 1 is 1.24 bits per heavy atom. The predicted molar refractivity (Wildman–Crippen MR) is 86.9 cm³/mol. The summed E-state index contributed by atoms with van der Waals surface area (Å²) in [5, 5.41) is 3.73. The van der Waals surface area contributed by atoms with Crippen LogP contribution in [0.15, 0.2) is 35.5 Å². The van der Waals surface area contributed by atoms with Crippen LogP contribution in [0.25, 0.3) is 0 Å². The molecule has 1 unspecified atom stereocenters. The normalized spacial score (nSPS) is 12.0. The molecule has 0 bridgehead atoms. The number of aromatic nitrogens is 2.